The fourth-order valence-electron chi connectivity index (χ4n) is 2.40. The van der Waals surface area contributed by atoms with Crippen molar-refractivity contribution in [3.05, 3.63) is 0 Å². The maximum absolute atomic E-state index is 11.8. The molecule has 1 aliphatic heterocycles. The molecule has 1 saturated heterocycles. The Labute approximate surface area is 95.0 Å². The molecule has 2 N–H and O–H groups in total. The van der Waals surface area contributed by atoms with Gasteiger partial charge in [0.1, 0.15) is 5.60 Å². The summed E-state index contributed by atoms with van der Waals surface area (Å²) >= 11 is 0. The second-order valence-electron chi connectivity index (χ2n) is 5.70. The van der Waals surface area contributed by atoms with E-state index in [1.165, 1.54) is 4.90 Å². The van der Waals surface area contributed by atoms with E-state index in [1.807, 2.05) is 0 Å². The van der Waals surface area contributed by atoms with Crippen molar-refractivity contribution in [1.29, 1.82) is 0 Å². The maximum Gasteiger partial charge on any atom is 0.410 e. The van der Waals surface area contributed by atoms with Gasteiger partial charge in [-0.1, -0.05) is 0 Å². The Morgan fingerprint density at radius 1 is 1.44 bits per heavy atom. The molecular formula is C11H19NO4. The Kier molecular flexibility index (Phi) is 2.62. The van der Waals surface area contributed by atoms with Gasteiger partial charge in [0, 0.05) is 6.54 Å². The number of carbonyl (C=O) groups is 1. The van der Waals surface area contributed by atoms with E-state index >= 15 is 0 Å². The number of hydrogen-bond donors (Lipinski definition) is 2. The molecule has 3 atom stereocenters. The van der Waals surface area contributed by atoms with Crippen molar-refractivity contribution in [2.75, 3.05) is 6.54 Å². The minimum atomic E-state index is -1.47. The molecule has 0 spiro atoms. The van der Waals surface area contributed by atoms with E-state index in [9.17, 15) is 15.0 Å². The third kappa shape index (κ3) is 2.15. The zero-order valence-electron chi connectivity index (χ0n) is 9.88. The molecule has 1 saturated carbocycles. The van der Waals surface area contributed by atoms with Crippen LogP contribution in [0.15, 0.2) is 0 Å². The number of ether oxygens (including phenoxy) is 1. The standard InChI is InChI=1S/C11H19NO4/c1-11(2,3)16-10(15)12-5-6-4-7(6)8(12)9(13)14/h6-9,13-14H,4-5H2,1-3H3. The predicted molar refractivity (Wildman–Crippen MR) is 56.6 cm³/mol. The van der Waals surface area contributed by atoms with Crippen LogP contribution in [-0.2, 0) is 4.74 Å². The quantitative estimate of drug-likeness (QED) is 0.644. The molecule has 2 fully saturated rings. The van der Waals surface area contributed by atoms with Crippen LogP contribution in [-0.4, -0.2) is 45.7 Å². The average molecular weight is 229 g/mol. The highest BCUT2D eigenvalue weighted by Gasteiger charge is 2.57. The van der Waals surface area contributed by atoms with E-state index in [0.29, 0.717) is 12.5 Å². The van der Waals surface area contributed by atoms with E-state index < -0.39 is 24.0 Å². The van der Waals surface area contributed by atoms with Gasteiger partial charge in [-0.3, -0.25) is 4.90 Å². The number of hydrogen-bond acceptors (Lipinski definition) is 4. The highest BCUT2D eigenvalue weighted by Crippen LogP contribution is 2.50. The van der Waals surface area contributed by atoms with Gasteiger partial charge in [-0.15, -0.1) is 0 Å². The highest BCUT2D eigenvalue weighted by molar-refractivity contribution is 5.69. The first-order chi connectivity index (χ1) is 7.29. The van der Waals surface area contributed by atoms with Crippen LogP contribution < -0.4 is 0 Å². The normalized spacial score (nSPS) is 32.9. The molecule has 1 amide bonds. The zero-order chi connectivity index (χ0) is 12.1. The molecule has 3 unspecified atom stereocenters. The van der Waals surface area contributed by atoms with E-state index in [2.05, 4.69) is 0 Å². The van der Waals surface area contributed by atoms with Crippen LogP contribution >= 0.6 is 0 Å². The third-order valence-corrected chi connectivity index (χ3v) is 3.14. The monoisotopic (exact) mass is 229 g/mol. The van der Waals surface area contributed by atoms with Gasteiger partial charge in [0.2, 0.25) is 0 Å². The maximum atomic E-state index is 11.8. The molecule has 2 rings (SSSR count). The minimum Gasteiger partial charge on any atom is -0.444 e. The van der Waals surface area contributed by atoms with Gasteiger partial charge < -0.3 is 14.9 Å². The Bertz CT molecular complexity index is 297. The van der Waals surface area contributed by atoms with Gasteiger partial charge in [0.25, 0.3) is 0 Å². The van der Waals surface area contributed by atoms with Crippen LogP contribution in [0.3, 0.4) is 0 Å². The smallest absolute Gasteiger partial charge is 0.410 e. The predicted octanol–water partition coefficient (Wildman–Crippen LogP) is 0.552. The number of aliphatic hydroxyl groups is 2. The van der Waals surface area contributed by atoms with E-state index in [4.69, 9.17) is 4.74 Å². The van der Waals surface area contributed by atoms with E-state index in [1.54, 1.807) is 20.8 Å². The summed E-state index contributed by atoms with van der Waals surface area (Å²) in [5.41, 5.74) is -0.547. The third-order valence-electron chi connectivity index (χ3n) is 3.14. The molecule has 16 heavy (non-hydrogen) atoms. The minimum absolute atomic E-state index is 0.243. The lowest BCUT2D eigenvalue weighted by Crippen LogP contribution is -2.47. The Hall–Kier alpha value is -0.810. The number of piperidine rings is 1. The van der Waals surface area contributed by atoms with Gasteiger partial charge in [0.15, 0.2) is 6.29 Å². The number of nitrogens with zero attached hydrogens (tertiary/aromatic N) is 1. The van der Waals surface area contributed by atoms with Gasteiger partial charge in [0.05, 0.1) is 6.04 Å². The number of carbonyl (C=O) groups excluding carboxylic acids is 1. The molecule has 0 bridgehead atoms. The first-order valence-corrected chi connectivity index (χ1v) is 5.65. The molecule has 5 heteroatoms. The van der Waals surface area contributed by atoms with Gasteiger partial charge in [-0.2, -0.15) is 0 Å². The highest BCUT2D eigenvalue weighted by atomic mass is 16.6. The van der Waals surface area contributed by atoms with Crippen molar-refractivity contribution in [2.24, 2.45) is 11.8 Å². The van der Waals surface area contributed by atoms with Crippen molar-refractivity contribution in [1.82, 2.24) is 4.90 Å². The molecule has 2 aliphatic rings. The van der Waals surface area contributed by atoms with Gasteiger partial charge >= 0.3 is 6.09 Å². The fourth-order valence-corrected chi connectivity index (χ4v) is 2.40. The van der Waals surface area contributed by atoms with Crippen molar-refractivity contribution < 1.29 is 19.7 Å². The van der Waals surface area contributed by atoms with Crippen LogP contribution in [0.5, 0.6) is 0 Å². The first-order valence-electron chi connectivity index (χ1n) is 5.65. The van der Waals surface area contributed by atoms with Crippen LogP contribution in [0.1, 0.15) is 27.2 Å². The molecule has 0 aromatic carbocycles. The summed E-state index contributed by atoms with van der Waals surface area (Å²) < 4.78 is 5.24. The van der Waals surface area contributed by atoms with Crippen molar-refractivity contribution in [2.45, 2.75) is 45.1 Å². The Morgan fingerprint density at radius 3 is 2.56 bits per heavy atom. The molecule has 1 aliphatic carbocycles. The molecule has 0 aromatic rings. The summed E-state index contributed by atoms with van der Waals surface area (Å²) in [5.74, 6) is 0.673. The van der Waals surface area contributed by atoms with Gasteiger partial charge in [-0.25, -0.2) is 4.79 Å². The molecule has 5 nitrogen and oxygen atoms in total. The SMILES string of the molecule is CC(C)(C)OC(=O)N1CC2CC2C1C(O)O. The molecule has 92 valence electrons. The number of aliphatic hydroxyl groups excluding tert-OH is 1. The van der Waals surface area contributed by atoms with E-state index in [-0.39, 0.29) is 5.92 Å². The second kappa shape index (κ2) is 3.60. The largest absolute Gasteiger partial charge is 0.444 e. The summed E-state index contributed by atoms with van der Waals surface area (Å²) in [4.78, 5) is 13.3. The average Bonchev–Trinajstić information content (AvgIpc) is 2.73. The molecule has 0 aromatic heterocycles. The summed E-state index contributed by atoms with van der Waals surface area (Å²) in [6, 6.07) is -0.486. The number of fused-ring (bicyclic) bond motifs is 1. The topological polar surface area (TPSA) is 70.0 Å². The first kappa shape index (κ1) is 11.7. The Balaban J connectivity index is 2.01. The summed E-state index contributed by atoms with van der Waals surface area (Å²) in [5, 5.41) is 18.5. The lowest BCUT2D eigenvalue weighted by atomic mass is 10.2. The second-order valence-corrected chi connectivity index (χ2v) is 5.70. The number of likely N-dealkylation sites (tertiary alicyclic amines) is 1. The van der Waals surface area contributed by atoms with Crippen LogP contribution in [0.25, 0.3) is 0 Å². The van der Waals surface area contributed by atoms with Crippen LogP contribution in [0.2, 0.25) is 0 Å². The Morgan fingerprint density at radius 2 is 2.06 bits per heavy atom. The summed E-state index contributed by atoms with van der Waals surface area (Å²) in [6.45, 7) is 5.98. The van der Waals surface area contributed by atoms with Gasteiger partial charge in [-0.05, 0) is 39.0 Å². The summed E-state index contributed by atoms with van der Waals surface area (Å²) in [6.07, 6.45) is -0.926. The summed E-state index contributed by atoms with van der Waals surface area (Å²) in [7, 11) is 0. The lowest BCUT2D eigenvalue weighted by molar-refractivity contribution is -0.0983. The zero-order valence-corrected chi connectivity index (χ0v) is 9.88. The number of amides is 1. The molecule has 0 radical (unpaired) electrons. The van der Waals surface area contributed by atoms with Crippen LogP contribution in [0.4, 0.5) is 4.79 Å². The number of rotatable bonds is 1. The lowest BCUT2D eigenvalue weighted by Gasteiger charge is -2.31. The van der Waals surface area contributed by atoms with Crippen LogP contribution in [0, 0.1) is 11.8 Å². The molecular weight excluding hydrogens is 210 g/mol. The fraction of sp³-hybridized carbons (Fsp3) is 0.909. The molecule has 1 heterocycles. The van der Waals surface area contributed by atoms with Crippen molar-refractivity contribution in [3.63, 3.8) is 0 Å². The van der Waals surface area contributed by atoms with Crippen molar-refractivity contribution in [3.8, 4) is 0 Å². The van der Waals surface area contributed by atoms with Crippen molar-refractivity contribution >= 4 is 6.09 Å². The van der Waals surface area contributed by atoms with E-state index in [0.717, 1.165) is 6.42 Å².